The molecule has 0 saturated carbocycles. The maximum Gasteiger partial charge on any atom is 0.0947 e. The van der Waals surface area contributed by atoms with Gasteiger partial charge < -0.3 is 14.6 Å². The molecule has 1 aromatic heterocycles. The largest absolute Gasteiger partial charge is 0.472 e. The van der Waals surface area contributed by atoms with Gasteiger partial charge in [-0.05, 0) is 26.1 Å². The number of hydrogen-bond donors (Lipinski definition) is 1. The summed E-state index contributed by atoms with van der Waals surface area (Å²) < 4.78 is 5.02. The Morgan fingerprint density at radius 2 is 2.13 bits per heavy atom. The van der Waals surface area contributed by atoms with E-state index >= 15 is 0 Å². The molecule has 15 heavy (non-hydrogen) atoms. The van der Waals surface area contributed by atoms with Crippen LogP contribution in [0, 0.1) is 5.92 Å². The second kappa shape index (κ2) is 5.93. The number of nitrogens with zero attached hydrogens (tertiary/aromatic N) is 1. The zero-order chi connectivity index (χ0) is 11.3. The van der Waals surface area contributed by atoms with Crippen LogP contribution in [0.5, 0.6) is 0 Å². The first-order chi connectivity index (χ1) is 7.11. The summed E-state index contributed by atoms with van der Waals surface area (Å²) in [6.45, 7) is 6.40. The number of likely N-dealkylation sites (N-methyl/N-ethyl adjacent to an activating group) is 1. The Kier molecular flexibility index (Phi) is 4.85. The van der Waals surface area contributed by atoms with E-state index in [4.69, 9.17) is 4.42 Å². The highest BCUT2D eigenvalue weighted by atomic mass is 16.3. The molecule has 1 atom stereocenters. The standard InChI is InChI=1S/C12H22N2O/c1-10(2)12(14(3)4)8-13-7-11-5-6-15-9-11/h5-6,9-10,12-13H,7-8H2,1-4H3. The number of hydrogen-bond acceptors (Lipinski definition) is 3. The molecule has 1 N–H and O–H groups in total. The van der Waals surface area contributed by atoms with Gasteiger partial charge in [0.05, 0.1) is 12.5 Å². The van der Waals surface area contributed by atoms with Gasteiger partial charge in [0.2, 0.25) is 0 Å². The van der Waals surface area contributed by atoms with Crippen molar-refractivity contribution in [2.24, 2.45) is 5.92 Å². The van der Waals surface area contributed by atoms with Gasteiger partial charge in [-0.2, -0.15) is 0 Å². The molecule has 0 spiro atoms. The van der Waals surface area contributed by atoms with Crippen LogP contribution in [0.2, 0.25) is 0 Å². The van der Waals surface area contributed by atoms with E-state index in [0.717, 1.165) is 13.1 Å². The van der Waals surface area contributed by atoms with E-state index in [-0.39, 0.29) is 0 Å². The van der Waals surface area contributed by atoms with Crippen LogP contribution < -0.4 is 5.32 Å². The maximum absolute atomic E-state index is 5.02. The molecule has 0 aromatic carbocycles. The monoisotopic (exact) mass is 210 g/mol. The zero-order valence-corrected chi connectivity index (χ0v) is 10.2. The fraction of sp³-hybridized carbons (Fsp3) is 0.667. The lowest BCUT2D eigenvalue weighted by Crippen LogP contribution is -2.41. The van der Waals surface area contributed by atoms with Crippen LogP contribution in [0.1, 0.15) is 19.4 Å². The molecular weight excluding hydrogens is 188 g/mol. The highest BCUT2D eigenvalue weighted by molar-refractivity contribution is 5.04. The minimum absolute atomic E-state index is 0.580. The summed E-state index contributed by atoms with van der Waals surface area (Å²) in [6.07, 6.45) is 3.50. The molecule has 0 bridgehead atoms. The molecule has 0 aliphatic rings. The van der Waals surface area contributed by atoms with Crippen LogP contribution >= 0.6 is 0 Å². The molecule has 0 amide bonds. The van der Waals surface area contributed by atoms with E-state index in [9.17, 15) is 0 Å². The van der Waals surface area contributed by atoms with Crippen LogP contribution in [0.4, 0.5) is 0 Å². The van der Waals surface area contributed by atoms with E-state index in [0.29, 0.717) is 12.0 Å². The summed E-state index contributed by atoms with van der Waals surface area (Å²) >= 11 is 0. The highest BCUT2D eigenvalue weighted by Gasteiger charge is 2.14. The summed E-state index contributed by atoms with van der Waals surface area (Å²) in [4.78, 5) is 2.27. The van der Waals surface area contributed by atoms with Gasteiger partial charge in [-0.15, -0.1) is 0 Å². The topological polar surface area (TPSA) is 28.4 Å². The van der Waals surface area contributed by atoms with Crippen molar-refractivity contribution in [2.75, 3.05) is 20.6 Å². The molecule has 0 saturated heterocycles. The normalized spacial score (nSPS) is 13.7. The first-order valence-electron chi connectivity index (χ1n) is 5.49. The molecule has 3 nitrogen and oxygen atoms in total. The molecule has 3 heteroatoms. The molecule has 1 unspecified atom stereocenters. The average molecular weight is 210 g/mol. The summed E-state index contributed by atoms with van der Waals surface area (Å²) in [6, 6.07) is 2.57. The van der Waals surface area contributed by atoms with Crippen molar-refractivity contribution in [3.8, 4) is 0 Å². The van der Waals surface area contributed by atoms with Gasteiger partial charge in [-0.25, -0.2) is 0 Å². The molecule has 1 heterocycles. The van der Waals surface area contributed by atoms with E-state index in [2.05, 4.69) is 38.2 Å². The number of nitrogens with one attached hydrogen (secondary N) is 1. The Hall–Kier alpha value is -0.800. The lowest BCUT2D eigenvalue weighted by molar-refractivity contribution is 0.224. The Labute approximate surface area is 92.5 Å². The molecule has 0 radical (unpaired) electrons. The maximum atomic E-state index is 5.02. The van der Waals surface area contributed by atoms with Gasteiger partial charge in [-0.1, -0.05) is 13.8 Å². The van der Waals surface area contributed by atoms with Crippen molar-refractivity contribution >= 4 is 0 Å². The Morgan fingerprint density at radius 1 is 1.40 bits per heavy atom. The third kappa shape index (κ3) is 4.06. The zero-order valence-electron chi connectivity index (χ0n) is 10.2. The van der Waals surface area contributed by atoms with E-state index < -0.39 is 0 Å². The van der Waals surface area contributed by atoms with E-state index in [1.165, 1.54) is 5.56 Å². The predicted molar refractivity (Wildman–Crippen MR) is 62.7 cm³/mol. The van der Waals surface area contributed by atoms with Gasteiger partial charge in [0.25, 0.3) is 0 Å². The number of furan rings is 1. The minimum atomic E-state index is 0.580. The Bertz CT molecular complexity index is 247. The van der Waals surface area contributed by atoms with Crippen LogP contribution in [0.15, 0.2) is 23.0 Å². The molecule has 0 fully saturated rings. The Morgan fingerprint density at radius 3 is 2.60 bits per heavy atom. The fourth-order valence-corrected chi connectivity index (χ4v) is 1.77. The second-order valence-electron chi connectivity index (χ2n) is 4.54. The van der Waals surface area contributed by atoms with Gasteiger partial charge in [0, 0.05) is 24.7 Å². The van der Waals surface area contributed by atoms with Crippen molar-refractivity contribution in [2.45, 2.75) is 26.4 Å². The van der Waals surface area contributed by atoms with Crippen molar-refractivity contribution in [1.29, 1.82) is 0 Å². The minimum Gasteiger partial charge on any atom is -0.472 e. The SMILES string of the molecule is CC(C)C(CNCc1ccoc1)N(C)C. The van der Waals surface area contributed by atoms with Crippen LogP contribution in [-0.2, 0) is 6.54 Å². The quantitative estimate of drug-likeness (QED) is 0.778. The fourth-order valence-electron chi connectivity index (χ4n) is 1.77. The first-order valence-corrected chi connectivity index (χ1v) is 5.49. The molecule has 1 aromatic rings. The van der Waals surface area contributed by atoms with E-state index in [1.807, 2.05) is 6.07 Å². The number of rotatable bonds is 6. The van der Waals surface area contributed by atoms with Crippen molar-refractivity contribution in [1.82, 2.24) is 10.2 Å². The third-order valence-electron chi connectivity index (χ3n) is 2.70. The Balaban J connectivity index is 2.28. The van der Waals surface area contributed by atoms with Crippen LogP contribution in [-0.4, -0.2) is 31.6 Å². The lowest BCUT2D eigenvalue weighted by Gasteiger charge is -2.28. The summed E-state index contributed by atoms with van der Waals surface area (Å²) in [5.74, 6) is 0.664. The molecule has 86 valence electrons. The van der Waals surface area contributed by atoms with Gasteiger partial charge in [0.15, 0.2) is 0 Å². The van der Waals surface area contributed by atoms with E-state index in [1.54, 1.807) is 12.5 Å². The van der Waals surface area contributed by atoms with Crippen molar-refractivity contribution in [3.05, 3.63) is 24.2 Å². The average Bonchev–Trinajstić information content (AvgIpc) is 2.63. The van der Waals surface area contributed by atoms with Crippen molar-refractivity contribution in [3.63, 3.8) is 0 Å². The van der Waals surface area contributed by atoms with Crippen LogP contribution in [0.25, 0.3) is 0 Å². The molecule has 1 rings (SSSR count). The molecular formula is C12H22N2O. The first kappa shape index (κ1) is 12.3. The third-order valence-corrected chi connectivity index (χ3v) is 2.70. The predicted octanol–water partition coefficient (Wildman–Crippen LogP) is 1.96. The molecule has 0 aliphatic carbocycles. The van der Waals surface area contributed by atoms with Gasteiger partial charge in [-0.3, -0.25) is 0 Å². The van der Waals surface area contributed by atoms with Gasteiger partial charge >= 0.3 is 0 Å². The summed E-state index contributed by atoms with van der Waals surface area (Å²) in [7, 11) is 4.26. The summed E-state index contributed by atoms with van der Waals surface area (Å²) in [5.41, 5.74) is 1.20. The highest BCUT2D eigenvalue weighted by Crippen LogP contribution is 2.06. The van der Waals surface area contributed by atoms with Gasteiger partial charge in [0.1, 0.15) is 0 Å². The second-order valence-corrected chi connectivity index (χ2v) is 4.54. The lowest BCUT2D eigenvalue weighted by atomic mass is 10.0. The summed E-state index contributed by atoms with van der Waals surface area (Å²) in [5, 5.41) is 3.45. The van der Waals surface area contributed by atoms with Crippen LogP contribution in [0.3, 0.4) is 0 Å². The smallest absolute Gasteiger partial charge is 0.0947 e. The molecule has 0 aliphatic heterocycles. The van der Waals surface area contributed by atoms with Crippen molar-refractivity contribution < 1.29 is 4.42 Å².